The second-order valence-corrected chi connectivity index (χ2v) is 7.51. The summed E-state index contributed by atoms with van der Waals surface area (Å²) in [6.07, 6.45) is 5.39. The quantitative estimate of drug-likeness (QED) is 0.903. The third kappa shape index (κ3) is 3.63. The lowest BCUT2D eigenvalue weighted by Gasteiger charge is -2.38. The van der Waals surface area contributed by atoms with Crippen LogP contribution in [0, 0.1) is 5.92 Å². The van der Waals surface area contributed by atoms with Crippen LogP contribution in [-0.2, 0) is 0 Å². The van der Waals surface area contributed by atoms with Gasteiger partial charge in [0.05, 0.1) is 0 Å². The summed E-state index contributed by atoms with van der Waals surface area (Å²) in [5.74, 6) is 1.63. The SMILES string of the molecule is CN1CCCC(CNC2CC(c3ccc(Br)cc3)C2)C1. The fourth-order valence-electron chi connectivity index (χ4n) is 3.56. The van der Waals surface area contributed by atoms with Gasteiger partial charge in [-0.05, 0) is 75.4 Å². The molecule has 1 aliphatic heterocycles. The van der Waals surface area contributed by atoms with Crippen LogP contribution in [0.4, 0.5) is 0 Å². The number of nitrogens with one attached hydrogen (secondary N) is 1. The lowest BCUT2D eigenvalue weighted by Crippen LogP contribution is -2.45. The second kappa shape index (κ2) is 6.59. The first-order valence-electron chi connectivity index (χ1n) is 7.88. The van der Waals surface area contributed by atoms with E-state index in [0.29, 0.717) is 0 Å². The molecule has 0 aromatic heterocycles. The van der Waals surface area contributed by atoms with E-state index >= 15 is 0 Å². The van der Waals surface area contributed by atoms with E-state index in [4.69, 9.17) is 0 Å². The van der Waals surface area contributed by atoms with E-state index < -0.39 is 0 Å². The normalized spacial score (nSPS) is 31.0. The molecule has 2 nitrogen and oxygen atoms in total. The molecule has 0 bridgehead atoms. The number of piperidine rings is 1. The number of hydrogen-bond donors (Lipinski definition) is 1. The molecule has 1 aromatic carbocycles. The first-order chi connectivity index (χ1) is 9.70. The van der Waals surface area contributed by atoms with E-state index in [1.807, 2.05) is 0 Å². The standard InChI is InChI=1S/C17H25BrN2/c1-20-8-2-3-13(12-20)11-19-17-9-15(10-17)14-4-6-16(18)7-5-14/h4-7,13,15,17,19H,2-3,8-12H2,1H3. The van der Waals surface area contributed by atoms with Gasteiger partial charge in [0.2, 0.25) is 0 Å². The zero-order chi connectivity index (χ0) is 13.9. The molecule has 20 heavy (non-hydrogen) atoms. The van der Waals surface area contributed by atoms with E-state index in [1.54, 1.807) is 0 Å². The minimum atomic E-state index is 0.746. The predicted molar refractivity (Wildman–Crippen MR) is 88.1 cm³/mol. The summed E-state index contributed by atoms with van der Waals surface area (Å²) in [6, 6.07) is 9.60. The summed E-state index contributed by atoms with van der Waals surface area (Å²) in [5.41, 5.74) is 1.50. The Hall–Kier alpha value is -0.380. The van der Waals surface area contributed by atoms with Crippen LogP contribution in [-0.4, -0.2) is 37.6 Å². The van der Waals surface area contributed by atoms with Crippen molar-refractivity contribution < 1.29 is 0 Å². The van der Waals surface area contributed by atoms with Gasteiger partial charge < -0.3 is 10.2 Å². The van der Waals surface area contributed by atoms with Gasteiger partial charge in [0.15, 0.2) is 0 Å². The average Bonchev–Trinajstić information content (AvgIpc) is 2.39. The van der Waals surface area contributed by atoms with Gasteiger partial charge in [0.25, 0.3) is 0 Å². The fraction of sp³-hybridized carbons (Fsp3) is 0.647. The van der Waals surface area contributed by atoms with Crippen LogP contribution >= 0.6 is 15.9 Å². The van der Waals surface area contributed by atoms with Crippen molar-refractivity contribution in [1.82, 2.24) is 10.2 Å². The number of nitrogens with zero attached hydrogens (tertiary/aromatic N) is 1. The van der Waals surface area contributed by atoms with Crippen LogP contribution in [0.1, 0.15) is 37.2 Å². The maximum absolute atomic E-state index is 3.78. The zero-order valence-corrected chi connectivity index (χ0v) is 13.9. The smallest absolute Gasteiger partial charge is 0.0175 e. The van der Waals surface area contributed by atoms with Gasteiger partial charge in [-0.15, -0.1) is 0 Å². The number of benzene rings is 1. The molecular formula is C17H25BrN2. The largest absolute Gasteiger partial charge is 0.314 e. The van der Waals surface area contributed by atoms with Crippen LogP contribution in [0.2, 0.25) is 0 Å². The molecule has 1 heterocycles. The van der Waals surface area contributed by atoms with Crippen molar-refractivity contribution >= 4 is 15.9 Å². The maximum Gasteiger partial charge on any atom is 0.0175 e. The lowest BCUT2D eigenvalue weighted by atomic mass is 9.75. The highest BCUT2D eigenvalue weighted by molar-refractivity contribution is 9.10. The maximum atomic E-state index is 3.78. The second-order valence-electron chi connectivity index (χ2n) is 6.60. The van der Waals surface area contributed by atoms with Crippen LogP contribution in [0.3, 0.4) is 0 Å². The molecule has 2 fully saturated rings. The highest BCUT2D eigenvalue weighted by atomic mass is 79.9. The molecule has 1 unspecified atom stereocenters. The van der Waals surface area contributed by atoms with E-state index in [9.17, 15) is 0 Å². The summed E-state index contributed by atoms with van der Waals surface area (Å²) >= 11 is 3.50. The Labute approximate surface area is 131 Å². The van der Waals surface area contributed by atoms with Crippen LogP contribution in [0.5, 0.6) is 0 Å². The van der Waals surface area contributed by atoms with E-state index in [1.165, 1.54) is 55.4 Å². The summed E-state index contributed by atoms with van der Waals surface area (Å²) in [5, 5.41) is 3.78. The monoisotopic (exact) mass is 336 g/mol. The van der Waals surface area contributed by atoms with Gasteiger partial charge in [-0.1, -0.05) is 28.1 Å². The molecule has 1 atom stereocenters. The Bertz CT molecular complexity index is 425. The molecule has 1 aliphatic carbocycles. The highest BCUT2D eigenvalue weighted by Crippen LogP contribution is 2.37. The van der Waals surface area contributed by atoms with Crippen molar-refractivity contribution in [3.63, 3.8) is 0 Å². The van der Waals surface area contributed by atoms with Crippen molar-refractivity contribution in [2.45, 2.75) is 37.6 Å². The van der Waals surface area contributed by atoms with Gasteiger partial charge in [-0.3, -0.25) is 0 Å². The molecular weight excluding hydrogens is 312 g/mol. The third-order valence-electron chi connectivity index (χ3n) is 4.90. The molecule has 1 aromatic rings. The van der Waals surface area contributed by atoms with Crippen molar-refractivity contribution in [1.29, 1.82) is 0 Å². The number of halogens is 1. The molecule has 1 saturated carbocycles. The zero-order valence-electron chi connectivity index (χ0n) is 12.3. The van der Waals surface area contributed by atoms with E-state index in [-0.39, 0.29) is 0 Å². The number of rotatable bonds is 4. The van der Waals surface area contributed by atoms with Crippen LogP contribution < -0.4 is 5.32 Å². The molecule has 3 heteroatoms. The highest BCUT2D eigenvalue weighted by Gasteiger charge is 2.30. The van der Waals surface area contributed by atoms with Gasteiger partial charge in [-0.25, -0.2) is 0 Å². The van der Waals surface area contributed by atoms with Crippen molar-refractivity contribution in [2.24, 2.45) is 5.92 Å². The Morgan fingerprint density at radius 3 is 2.70 bits per heavy atom. The Balaban J connectivity index is 1.39. The Morgan fingerprint density at radius 2 is 2.00 bits per heavy atom. The van der Waals surface area contributed by atoms with Gasteiger partial charge in [0, 0.05) is 17.1 Å². The lowest BCUT2D eigenvalue weighted by molar-refractivity contribution is 0.190. The molecule has 0 spiro atoms. The van der Waals surface area contributed by atoms with Crippen molar-refractivity contribution in [3.8, 4) is 0 Å². The molecule has 110 valence electrons. The molecule has 0 radical (unpaired) electrons. The number of likely N-dealkylation sites (tertiary alicyclic amines) is 1. The molecule has 1 N–H and O–H groups in total. The van der Waals surface area contributed by atoms with Crippen LogP contribution in [0.25, 0.3) is 0 Å². The summed E-state index contributed by atoms with van der Waals surface area (Å²) in [7, 11) is 2.25. The Morgan fingerprint density at radius 1 is 1.25 bits per heavy atom. The number of hydrogen-bond acceptors (Lipinski definition) is 2. The summed E-state index contributed by atoms with van der Waals surface area (Å²) in [4.78, 5) is 2.47. The van der Waals surface area contributed by atoms with Crippen LogP contribution in [0.15, 0.2) is 28.7 Å². The van der Waals surface area contributed by atoms with E-state index in [2.05, 4.69) is 57.5 Å². The topological polar surface area (TPSA) is 15.3 Å². The van der Waals surface area contributed by atoms with Gasteiger partial charge in [-0.2, -0.15) is 0 Å². The first-order valence-corrected chi connectivity index (χ1v) is 8.67. The molecule has 2 aliphatic rings. The van der Waals surface area contributed by atoms with E-state index in [0.717, 1.165) is 17.9 Å². The average molecular weight is 337 g/mol. The summed E-state index contributed by atoms with van der Waals surface area (Å²) in [6.45, 7) is 3.77. The van der Waals surface area contributed by atoms with Crippen molar-refractivity contribution in [3.05, 3.63) is 34.3 Å². The van der Waals surface area contributed by atoms with Gasteiger partial charge >= 0.3 is 0 Å². The first kappa shape index (κ1) is 14.6. The third-order valence-corrected chi connectivity index (χ3v) is 5.43. The fourth-order valence-corrected chi connectivity index (χ4v) is 3.83. The molecule has 0 amide bonds. The van der Waals surface area contributed by atoms with Gasteiger partial charge in [0.1, 0.15) is 0 Å². The minimum absolute atomic E-state index is 0.746. The Kier molecular flexibility index (Phi) is 4.79. The summed E-state index contributed by atoms with van der Waals surface area (Å²) < 4.78 is 1.18. The van der Waals surface area contributed by atoms with Crippen molar-refractivity contribution in [2.75, 3.05) is 26.7 Å². The molecule has 1 saturated heterocycles. The predicted octanol–water partition coefficient (Wildman–Crippen LogP) is 3.63. The molecule has 3 rings (SSSR count). The minimum Gasteiger partial charge on any atom is -0.314 e.